The minimum Gasteiger partial charge on any atom is -0.550 e. The zero-order valence-electron chi connectivity index (χ0n) is 7.66. The molecule has 3 nitrogen and oxygen atoms in total. The molecule has 0 aromatic rings. The standard InChI is InChI=1S/C10H14O3/c1-7(5-6-11)8-3-2-4-9(8)10(12)13/h5-6,8-9H,2-4H2,1H3,(H,12,13)/p-1/b7-5+. The van der Waals surface area contributed by atoms with E-state index in [4.69, 9.17) is 0 Å². The van der Waals surface area contributed by atoms with E-state index in [2.05, 4.69) is 0 Å². The SMILES string of the molecule is C/C(=C\C=O)C1CCCC1C(=O)[O-]. The van der Waals surface area contributed by atoms with Gasteiger partial charge in [0.1, 0.15) is 6.29 Å². The molecule has 2 unspecified atom stereocenters. The Morgan fingerprint density at radius 2 is 2.00 bits per heavy atom. The molecule has 1 aliphatic rings. The number of carbonyl (C=O) groups is 2. The maximum atomic E-state index is 10.7. The van der Waals surface area contributed by atoms with Crippen LogP contribution >= 0.6 is 0 Å². The van der Waals surface area contributed by atoms with E-state index in [9.17, 15) is 14.7 Å². The van der Waals surface area contributed by atoms with Crippen molar-refractivity contribution in [1.29, 1.82) is 0 Å². The maximum Gasteiger partial charge on any atom is 0.142 e. The second-order valence-corrected chi connectivity index (χ2v) is 3.51. The molecule has 1 fully saturated rings. The monoisotopic (exact) mass is 181 g/mol. The average Bonchev–Trinajstić information content (AvgIpc) is 2.52. The number of allylic oxidation sites excluding steroid dienone is 2. The van der Waals surface area contributed by atoms with Crippen molar-refractivity contribution >= 4 is 12.3 Å². The summed E-state index contributed by atoms with van der Waals surface area (Å²) in [4.78, 5) is 20.9. The number of rotatable bonds is 3. The molecule has 72 valence electrons. The summed E-state index contributed by atoms with van der Waals surface area (Å²) in [6.45, 7) is 1.81. The van der Waals surface area contributed by atoms with Crippen LogP contribution in [0.1, 0.15) is 26.2 Å². The molecule has 0 heterocycles. The van der Waals surface area contributed by atoms with E-state index in [1.165, 1.54) is 6.08 Å². The molecule has 0 amide bonds. The van der Waals surface area contributed by atoms with Crippen molar-refractivity contribution in [3.8, 4) is 0 Å². The number of carbonyl (C=O) groups excluding carboxylic acids is 2. The Labute approximate surface area is 77.4 Å². The lowest BCUT2D eigenvalue weighted by Crippen LogP contribution is -2.33. The molecule has 0 spiro atoms. The zero-order valence-corrected chi connectivity index (χ0v) is 7.66. The van der Waals surface area contributed by atoms with Crippen LogP contribution < -0.4 is 5.11 Å². The van der Waals surface area contributed by atoms with Crippen LogP contribution in [0.5, 0.6) is 0 Å². The summed E-state index contributed by atoms with van der Waals surface area (Å²) in [5.41, 5.74) is 0.863. The molecule has 0 saturated heterocycles. The molecule has 0 radical (unpaired) electrons. The van der Waals surface area contributed by atoms with Crippen LogP contribution in [0, 0.1) is 11.8 Å². The third-order valence-corrected chi connectivity index (χ3v) is 2.73. The van der Waals surface area contributed by atoms with Crippen LogP contribution in [-0.2, 0) is 9.59 Å². The van der Waals surface area contributed by atoms with E-state index >= 15 is 0 Å². The van der Waals surface area contributed by atoms with Gasteiger partial charge in [-0.1, -0.05) is 12.0 Å². The Bertz CT molecular complexity index is 243. The van der Waals surface area contributed by atoms with E-state index in [1.54, 1.807) is 6.92 Å². The van der Waals surface area contributed by atoms with E-state index in [-0.39, 0.29) is 5.92 Å². The minimum absolute atomic E-state index is 0.00944. The van der Waals surface area contributed by atoms with Crippen molar-refractivity contribution in [3.63, 3.8) is 0 Å². The van der Waals surface area contributed by atoms with Crippen molar-refractivity contribution in [2.75, 3.05) is 0 Å². The van der Waals surface area contributed by atoms with Crippen LogP contribution in [0.15, 0.2) is 11.6 Å². The lowest BCUT2D eigenvalue weighted by molar-refractivity contribution is -0.312. The number of hydrogen-bond acceptors (Lipinski definition) is 3. The minimum atomic E-state index is -0.985. The van der Waals surface area contributed by atoms with Crippen molar-refractivity contribution in [1.82, 2.24) is 0 Å². The molecule has 2 atom stereocenters. The highest BCUT2D eigenvalue weighted by atomic mass is 16.4. The average molecular weight is 181 g/mol. The first kappa shape index (κ1) is 9.96. The van der Waals surface area contributed by atoms with Gasteiger partial charge in [-0.2, -0.15) is 0 Å². The van der Waals surface area contributed by atoms with Crippen LogP contribution in [0.25, 0.3) is 0 Å². The number of aliphatic carboxylic acids is 1. The molecular formula is C10H13O3-. The fourth-order valence-electron chi connectivity index (χ4n) is 2.02. The summed E-state index contributed by atoms with van der Waals surface area (Å²) in [7, 11) is 0. The Balaban J connectivity index is 2.73. The molecule has 0 N–H and O–H groups in total. The van der Waals surface area contributed by atoms with Crippen molar-refractivity contribution < 1.29 is 14.7 Å². The summed E-state index contributed by atoms with van der Waals surface area (Å²) in [6, 6.07) is 0. The first-order chi connectivity index (χ1) is 6.16. The second-order valence-electron chi connectivity index (χ2n) is 3.51. The smallest absolute Gasteiger partial charge is 0.142 e. The normalized spacial score (nSPS) is 28.8. The molecule has 1 aliphatic carbocycles. The molecule has 0 bridgehead atoms. The fraction of sp³-hybridized carbons (Fsp3) is 0.600. The van der Waals surface area contributed by atoms with Gasteiger partial charge in [0.2, 0.25) is 0 Å². The molecule has 1 saturated carbocycles. The highest BCUT2D eigenvalue weighted by Crippen LogP contribution is 2.36. The Hall–Kier alpha value is -1.12. The first-order valence-electron chi connectivity index (χ1n) is 4.49. The molecule has 3 heteroatoms. The van der Waals surface area contributed by atoms with Crippen LogP contribution in [0.2, 0.25) is 0 Å². The number of carboxylic acid groups (broad SMARTS) is 1. The Kier molecular flexibility index (Phi) is 3.23. The van der Waals surface area contributed by atoms with Gasteiger partial charge in [0.05, 0.1) is 0 Å². The number of aldehydes is 1. The van der Waals surface area contributed by atoms with Crippen LogP contribution in [0.4, 0.5) is 0 Å². The third kappa shape index (κ3) is 2.17. The third-order valence-electron chi connectivity index (χ3n) is 2.73. The Morgan fingerprint density at radius 1 is 1.38 bits per heavy atom. The first-order valence-corrected chi connectivity index (χ1v) is 4.49. The second kappa shape index (κ2) is 4.21. The molecule has 13 heavy (non-hydrogen) atoms. The van der Waals surface area contributed by atoms with Gasteiger partial charge < -0.3 is 9.90 Å². The molecule has 1 rings (SSSR count). The van der Waals surface area contributed by atoms with Crippen molar-refractivity contribution in [2.45, 2.75) is 26.2 Å². The van der Waals surface area contributed by atoms with Crippen molar-refractivity contribution in [3.05, 3.63) is 11.6 Å². The topological polar surface area (TPSA) is 57.2 Å². The fourth-order valence-corrected chi connectivity index (χ4v) is 2.02. The van der Waals surface area contributed by atoms with E-state index in [1.807, 2.05) is 0 Å². The lowest BCUT2D eigenvalue weighted by Gasteiger charge is -2.20. The summed E-state index contributed by atoms with van der Waals surface area (Å²) >= 11 is 0. The summed E-state index contributed by atoms with van der Waals surface area (Å²) in [6.07, 6.45) is 4.60. The maximum absolute atomic E-state index is 10.7. The largest absolute Gasteiger partial charge is 0.550 e. The zero-order chi connectivity index (χ0) is 9.84. The molecule has 0 aromatic carbocycles. The van der Waals surface area contributed by atoms with Gasteiger partial charge in [-0.05, 0) is 31.8 Å². The van der Waals surface area contributed by atoms with Gasteiger partial charge in [-0.15, -0.1) is 0 Å². The van der Waals surface area contributed by atoms with E-state index < -0.39 is 11.9 Å². The van der Waals surface area contributed by atoms with Gasteiger partial charge in [-0.3, -0.25) is 4.79 Å². The summed E-state index contributed by atoms with van der Waals surface area (Å²) in [5.74, 6) is -1.37. The lowest BCUT2D eigenvalue weighted by atomic mass is 9.89. The summed E-state index contributed by atoms with van der Waals surface area (Å²) in [5, 5.41) is 10.7. The van der Waals surface area contributed by atoms with Crippen molar-refractivity contribution in [2.24, 2.45) is 11.8 Å². The van der Waals surface area contributed by atoms with Crippen LogP contribution in [0.3, 0.4) is 0 Å². The number of hydrogen-bond donors (Lipinski definition) is 0. The number of carboxylic acids is 1. The van der Waals surface area contributed by atoms with E-state index in [0.29, 0.717) is 12.7 Å². The van der Waals surface area contributed by atoms with Gasteiger partial charge in [0.15, 0.2) is 0 Å². The highest BCUT2D eigenvalue weighted by molar-refractivity contribution is 5.70. The van der Waals surface area contributed by atoms with E-state index in [0.717, 1.165) is 18.4 Å². The molecule has 0 aromatic heterocycles. The van der Waals surface area contributed by atoms with Gasteiger partial charge >= 0.3 is 0 Å². The highest BCUT2D eigenvalue weighted by Gasteiger charge is 2.28. The predicted molar refractivity (Wildman–Crippen MR) is 45.7 cm³/mol. The summed E-state index contributed by atoms with van der Waals surface area (Å²) < 4.78 is 0. The van der Waals surface area contributed by atoms with Gasteiger partial charge in [0.25, 0.3) is 0 Å². The predicted octanol–water partition coefficient (Wildman–Crippen LogP) is 0.298. The molecule has 0 aliphatic heterocycles. The Morgan fingerprint density at radius 3 is 2.54 bits per heavy atom. The molecular weight excluding hydrogens is 168 g/mol. The van der Waals surface area contributed by atoms with Gasteiger partial charge in [-0.25, -0.2) is 0 Å². The van der Waals surface area contributed by atoms with Crippen LogP contribution in [-0.4, -0.2) is 12.3 Å². The van der Waals surface area contributed by atoms with Gasteiger partial charge in [0, 0.05) is 11.9 Å². The quantitative estimate of drug-likeness (QED) is 0.464.